The Labute approximate surface area is 148 Å². The van der Waals surface area contributed by atoms with E-state index in [2.05, 4.69) is 0 Å². The number of hydrogen-bond donors (Lipinski definition) is 0. The van der Waals surface area contributed by atoms with Crippen molar-refractivity contribution in [3.63, 3.8) is 0 Å². The van der Waals surface area contributed by atoms with Crippen molar-refractivity contribution in [2.45, 2.75) is 6.42 Å². The molecule has 0 saturated heterocycles. The Hall–Kier alpha value is -2.73. The van der Waals surface area contributed by atoms with Gasteiger partial charge in [-0.3, -0.25) is 4.79 Å². The Morgan fingerprint density at radius 2 is 1.92 bits per heavy atom. The van der Waals surface area contributed by atoms with Crippen LogP contribution in [-0.2, 0) is 11.2 Å². The Kier molecular flexibility index (Phi) is 3.97. The SMILES string of the molecule is O=C(COC(=O)c1cc(Cl)c2c(c1)OCO2)c1ccc2c(c1)CCO2. The molecule has 2 aliphatic heterocycles. The first-order valence-electron chi connectivity index (χ1n) is 7.67. The van der Waals surface area contributed by atoms with Gasteiger partial charge in [0.25, 0.3) is 0 Å². The van der Waals surface area contributed by atoms with Gasteiger partial charge in [-0.05, 0) is 35.9 Å². The molecule has 0 aliphatic carbocycles. The normalized spacial score (nSPS) is 14.0. The molecular weight excluding hydrogens is 348 g/mol. The van der Waals surface area contributed by atoms with E-state index in [0.29, 0.717) is 23.7 Å². The van der Waals surface area contributed by atoms with Crippen molar-refractivity contribution in [2.75, 3.05) is 20.0 Å². The van der Waals surface area contributed by atoms with E-state index < -0.39 is 5.97 Å². The van der Waals surface area contributed by atoms with Crippen LogP contribution in [-0.4, -0.2) is 31.8 Å². The van der Waals surface area contributed by atoms with Crippen LogP contribution in [0.2, 0.25) is 5.02 Å². The topological polar surface area (TPSA) is 71.1 Å². The number of benzene rings is 2. The molecule has 0 N–H and O–H groups in total. The molecule has 0 radical (unpaired) electrons. The highest BCUT2D eigenvalue weighted by atomic mass is 35.5. The fraction of sp³-hybridized carbons (Fsp3) is 0.222. The second-order valence-corrected chi connectivity index (χ2v) is 6.02. The van der Waals surface area contributed by atoms with Crippen LogP contribution in [0.4, 0.5) is 0 Å². The summed E-state index contributed by atoms with van der Waals surface area (Å²) >= 11 is 6.04. The van der Waals surface area contributed by atoms with Crippen LogP contribution in [0, 0.1) is 0 Å². The van der Waals surface area contributed by atoms with Crippen LogP contribution in [0.15, 0.2) is 30.3 Å². The van der Waals surface area contributed by atoms with Crippen LogP contribution >= 0.6 is 11.6 Å². The maximum atomic E-state index is 12.2. The summed E-state index contributed by atoms with van der Waals surface area (Å²) in [5, 5.41) is 0.256. The van der Waals surface area contributed by atoms with Gasteiger partial charge in [0.15, 0.2) is 23.9 Å². The number of hydrogen-bond acceptors (Lipinski definition) is 6. The van der Waals surface area contributed by atoms with Gasteiger partial charge in [-0.15, -0.1) is 0 Å². The van der Waals surface area contributed by atoms with E-state index in [4.69, 9.17) is 30.5 Å². The molecule has 7 heteroatoms. The largest absolute Gasteiger partial charge is 0.493 e. The van der Waals surface area contributed by atoms with Gasteiger partial charge in [0, 0.05) is 12.0 Å². The highest BCUT2D eigenvalue weighted by molar-refractivity contribution is 6.32. The summed E-state index contributed by atoms with van der Waals surface area (Å²) in [7, 11) is 0. The van der Waals surface area contributed by atoms with Crippen molar-refractivity contribution in [1.82, 2.24) is 0 Å². The lowest BCUT2D eigenvalue weighted by atomic mass is 10.1. The molecule has 0 amide bonds. The molecule has 0 aromatic heterocycles. The quantitative estimate of drug-likeness (QED) is 0.616. The summed E-state index contributed by atoms with van der Waals surface area (Å²) in [5.74, 6) is 0.635. The first kappa shape index (κ1) is 15.8. The molecule has 0 spiro atoms. The number of ether oxygens (including phenoxy) is 4. The van der Waals surface area contributed by atoms with E-state index in [-0.39, 0.29) is 29.8 Å². The molecule has 2 heterocycles. The average molecular weight is 361 g/mol. The zero-order valence-corrected chi connectivity index (χ0v) is 13.8. The predicted molar refractivity (Wildman–Crippen MR) is 87.8 cm³/mol. The predicted octanol–water partition coefficient (Wildman–Crippen LogP) is 3.04. The number of halogens is 1. The minimum absolute atomic E-state index is 0.0497. The lowest BCUT2D eigenvalue weighted by molar-refractivity contribution is 0.0474. The lowest BCUT2D eigenvalue weighted by Gasteiger charge is -2.07. The van der Waals surface area contributed by atoms with Crippen molar-refractivity contribution < 1.29 is 28.5 Å². The summed E-state index contributed by atoms with van der Waals surface area (Å²) in [6.07, 6.45) is 0.770. The van der Waals surface area contributed by atoms with Crippen molar-refractivity contribution in [3.8, 4) is 17.2 Å². The second-order valence-electron chi connectivity index (χ2n) is 5.61. The van der Waals surface area contributed by atoms with Gasteiger partial charge in [0.1, 0.15) is 5.75 Å². The molecule has 0 unspecified atom stereocenters. The fourth-order valence-electron chi connectivity index (χ4n) is 2.74. The van der Waals surface area contributed by atoms with Gasteiger partial charge >= 0.3 is 5.97 Å². The zero-order valence-electron chi connectivity index (χ0n) is 13.0. The maximum absolute atomic E-state index is 12.2. The monoisotopic (exact) mass is 360 g/mol. The van der Waals surface area contributed by atoms with E-state index in [1.165, 1.54) is 12.1 Å². The van der Waals surface area contributed by atoms with Crippen LogP contribution < -0.4 is 14.2 Å². The van der Waals surface area contributed by atoms with Crippen LogP contribution in [0.5, 0.6) is 17.2 Å². The first-order valence-corrected chi connectivity index (χ1v) is 8.05. The van der Waals surface area contributed by atoms with E-state index in [9.17, 15) is 9.59 Å². The summed E-state index contributed by atoms with van der Waals surface area (Å²) in [6.45, 7) is 0.311. The standard InChI is InChI=1S/C18H13ClO6/c19-13-6-12(7-16-17(13)25-9-24-16)18(21)23-8-14(20)10-1-2-15-11(5-10)3-4-22-15/h1-2,5-7H,3-4,8-9H2. The highest BCUT2D eigenvalue weighted by Crippen LogP contribution is 2.39. The summed E-state index contributed by atoms with van der Waals surface area (Å²) in [4.78, 5) is 24.4. The average Bonchev–Trinajstić information content (AvgIpc) is 3.27. The molecule has 0 bridgehead atoms. The number of carbonyl (C=O) groups excluding carboxylic acids is 2. The van der Waals surface area contributed by atoms with E-state index in [0.717, 1.165) is 17.7 Å². The molecule has 4 rings (SSSR count). The second kappa shape index (κ2) is 6.29. The third-order valence-corrected chi connectivity index (χ3v) is 4.29. The maximum Gasteiger partial charge on any atom is 0.338 e. The van der Waals surface area contributed by atoms with Gasteiger partial charge in [0.2, 0.25) is 6.79 Å². The Morgan fingerprint density at radius 3 is 2.80 bits per heavy atom. The molecule has 2 aromatic rings. The first-order chi connectivity index (χ1) is 12.1. The summed E-state index contributed by atoms with van der Waals surface area (Å²) < 4.78 is 20.9. The number of rotatable bonds is 4. The lowest BCUT2D eigenvalue weighted by Crippen LogP contribution is -2.14. The van der Waals surface area contributed by atoms with E-state index in [1.54, 1.807) is 18.2 Å². The van der Waals surface area contributed by atoms with Crippen molar-refractivity contribution in [3.05, 3.63) is 52.0 Å². The molecule has 0 atom stereocenters. The number of fused-ring (bicyclic) bond motifs is 2. The highest BCUT2D eigenvalue weighted by Gasteiger charge is 2.22. The van der Waals surface area contributed by atoms with Crippen molar-refractivity contribution in [1.29, 1.82) is 0 Å². The van der Waals surface area contributed by atoms with Crippen LogP contribution in [0.3, 0.4) is 0 Å². The van der Waals surface area contributed by atoms with Gasteiger partial charge < -0.3 is 18.9 Å². The minimum atomic E-state index is -0.655. The molecule has 2 aliphatic rings. The molecule has 6 nitrogen and oxygen atoms in total. The smallest absolute Gasteiger partial charge is 0.338 e. The third-order valence-electron chi connectivity index (χ3n) is 4.01. The fourth-order valence-corrected chi connectivity index (χ4v) is 3.01. The number of Topliss-reactive ketones (excluding diaryl/α,β-unsaturated/α-hetero) is 1. The van der Waals surface area contributed by atoms with Crippen molar-refractivity contribution in [2.24, 2.45) is 0 Å². The minimum Gasteiger partial charge on any atom is -0.493 e. The van der Waals surface area contributed by atoms with Crippen molar-refractivity contribution >= 4 is 23.4 Å². The van der Waals surface area contributed by atoms with Gasteiger partial charge in [0.05, 0.1) is 17.2 Å². The Balaban J connectivity index is 1.43. The van der Waals surface area contributed by atoms with Crippen LogP contribution in [0.1, 0.15) is 26.3 Å². The van der Waals surface area contributed by atoms with E-state index in [1.807, 2.05) is 0 Å². The summed E-state index contributed by atoms with van der Waals surface area (Å²) in [5.41, 5.74) is 1.67. The summed E-state index contributed by atoms with van der Waals surface area (Å²) in [6, 6.07) is 8.10. The van der Waals surface area contributed by atoms with Gasteiger partial charge in [-0.2, -0.15) is 0 Å². The Morgan fingerprint density at radius 1 is 1.04 bits per heavy atom. The zero-order chi connectivity index (χ0) is 17.4. The third kappa shape index (κ3) is 3.00. The number of carbonyl (C=O) groups is 2. The molecule has 128 valence electrons. The molecular formula is C18H13ClO6. The molecule has 2 aromatic carbocycles. The molecule has 0 saturated carbocycles. The van der Waals surface area contributed by atoms with Gasteiger partial charge in [-0.25, -0.2) is 4.79 Å². The number of ketones is 1. The number of esters is 1. The molecule has 0 fully saturated rings. The molecule has 25 heavy (non-hydrogen) atoms. The Bertz CT molecular complexity index is 876. The van der Waals surface area contributed by atoms with Gasteiger partial charge in [-0.1, -0.05) is 11.6 Å². The van der Waals surface area contributed by atoms with E-state index >= 15 is 0 Å². The van der Waals surface area contributed by atoms with Crippen LogP contribution in [0.25, 0.3) is 0 Å².